The van der Waals surface area contributed by atoms with Gasteiger partial charge < -0.3 is 15.4 Å². The molecule has 0 radical (unpaired) electrons. The second-order valence-corrected chi connectivity index (χ2v) is 7.46. The minimum absolute atomic E-state index is 0.0342. The van der Waals surface area contributed by atoms with Crippen molar-refractivity contribution in [3.05, 3.63) is 78.1 Å². The number of nitrogens with zero attached hydrogens (tertiary/aromatic N) is 3. The SMILES string of the molecule is O=C1CCc2cc(OCCNC(=O)c3cnn4c(-c5ccccc5)ccnc34)ccc2N1. The molecule has 8 nitrogen and oxygen atoms in total. The molecular formula is C24H21N5O3. The molecule has 4 aromatic rings. The van der Waals surface area contributed by atoms with Gasteiger partial charge in [0.05, 0.1) is 18.4 Å². The van der Waals surface area contributed by atoms with Gasteiger partial charge in [0.25, 0.3) is 5.91 Å². The second-order valence-electron chi connectivity index (χ2n) is 7.46. The number of hydrogen-bond acceptors (Lipinski definition) is 5. The molecule has 160 valence electrons. The molecule has 5 rings (SSSR count). The number of aryl methyl sites for hydroxylation is 1. The van der Waals surface area contributed by atoms with Gasteiger partial charge in [0.1, 0.15) is 17.9 Å². The average molecular weight is 427 g/mol. The van der Waals surface area contributed by atoms with Gasteiger partial charge in [-0.15, -0.1) is 0 Å². The normalized spacial score (nSPS) is 12.8. The Kier molecular flexibility index (Phi) is 5.25. The van der Waals surface area contributed by atoms with Crippen molar-refractivity contribution in [1.82, 2.24) is 19.9 Å². The van der Waals surface area contributed by atoms with E-state index in [0.717, 1.165) is 22.5 Å². The Labute approximate surface area is 184 Å². The highest BCUT2D eigenvalue weighted by atomic mass is 16.5. The van der Waals surface area contributed by atoms with E-state index in [4.69, 9.17) is 4.74 Å². The first-order valence-corrected chi connectivity index (χ1v) is 10.4. The predicted molar refractivity (Wildman–Crippen MR) is 120 cm³/mol. The van der Waals surface area contributed by atoms with Gasteiger partial charge in [-0.2, -0.15) is 5.10 Å². The Bertz CT molecular complexity index is 1300. The van der Waals surface area contributed by atoms with Crippen LogP contribution in [-0.4, -0.2) is 39.6 Å². The van der Waals surface area contributed by atoms with Crippen LogP contribution in [0.2, 0.25) is 0 Å². The summed E-state index contributed by atoms with van der Waals surface area (Å²) < 4.78 is 7.44. The Balaban J connectivity index is 1.22. The molecular weight excluding hydrogens is 406 g/mol. The van der Waals surface area contributed by atoms with Gasteiger partial charge in [0.2, 0.25) is 5.91 Å². The quantitative estimate of drug-likeness (QED) is 0.461. The molecule has 32 heavy (non-hydrogen) atoms. The molecule has 0 atom stereocenters. The summed E-state index contributed by atoms with van der Waals surface area (Å²) in [5.41, 5.74) is 4.65. The fourth-order valence-electron chi connectivity index (χ4n) is 3.76. The maximum absolute atomic E-state index is 12.7. The number of carbonyl (C=O) groups is 2. The van der Waals surface area contributed by atoms with Crippen LogP contribution in [0.5, 0.6) is 5.75 Å². The number of fused-ring (bicyclic) bond motifs is 2. The zero-order valence-corrected chi connectivity index (χ0v) is 17.2. The Morgan fingerprint density at radius 3 is 2.88 bits per heavy atom. The first-order chi connectivity index (χ1) is 15.7. The van der Waals surface area contributed by atoms with Crippen molar-refractivity contribution < 1.29 is 14.3 Å². The van der Waals surface area contributed by atoms with Crippen LogP contribution >= 0.6 is 0 Å². The highest BCUT2D eigenvalue weighted by molar-refractivity contribution is 5.99. The molecule has 2 aromatic carbocycles. The molecule has 8 heteroatoms. The Hall–Kier alpha value is -4.20. The lowest BCUT2D eigenvalue weighted by Crippen LogP contribution is -2.28. The van der Waals surface area contributed by atoms with E-state index >= 15 is 0 Å². The molecule has 1 aliphatic rings. The van der Waals surface area contributed by atoms with Gasteiger partial charge in [-0.25, -0.2) is 9.50 Å². The van der Waals surface area contributed by atoms with E-state index in [0.29, 0.717) is 43.0 Å². The van der Waals surface area contributed by atoms with Crippen molar-refractivity contribution >= 4 is 23.1 Å². The van der Waals surface area contributed by atoms with Crippen LogP contribution < -0.4 is 15.4 Å². The van der Waals surface area contributed by atoms with Crippen LogP contribution in [0.1, 0.15) is 22.3 Å². The molecule has 0 aliphatic carbocycles. The van der Waals surface area contributed by atoms with Gasteiger partial charge in [-0.3, -0.25) is 9.59 Å². The third-order valence-corrected chi connectivity index (χ3v) is 5.34. The first-order valence-electron chi connectivity index (χ1n) is 10.4. The first kappa shape index (κ1) is 19.7. The largest absolute Gasteiger partial charge is 0.492 e. The maximum Gasteiger partial charge on any atom is 0.256 e. The summed E-state index contributed by atoms with van der Waals surface area (Å²) in [6.45, 7) is 0.654. The van der Waals surface area contributed by atoms with Crippen molar-refractivity contribution in [2.24, 2.45) is 0 Å². The van der Waals surface area contributed by atoms with E-state index in [9.17, 15) is 9.59 Å². The van der Waals surface area contributed by atoms with E-state index in [-0.39, 0.29) is 11.8 Å². The molecule has 2 aromatic heterocycles. The zero-order valence-electron chi connectivity index (χ0n) is 17.2. The summed E-state index contributed by atoms with van der Waals surface area (Å²) in [5.74, 6) is 0.487. The molecule has 2 amide bonds. The summed E-state index contributed by atoms with van der Waals surface area (Å²) in [7, 11) is 0. The number of benzene rings is 2. The fourth-order valence-corrected chi connectivity index (χ4v) is 3.76. The van der Waals surface area contributed by atoms with Crippen molar-refractivity contribution in [3.63, 3.8) is 0 Å². The highest BCUT2D eigenvalue weighted by Gasteiger charge is 2.17. The number of nitrogens with one attached hydrogen (secondary N) is 2. The summed E-state index contributed by atoms with van der Waals surface area (Å²) in [6, 6.07) is 17.3. The lowest BCUT2D eigenvalue weighted by Gasteiger charge is -2.17. The third-order valence-electron chi connectivity index (χ3n) is 5.34. The second kappa shape index (κ2) is 8.50. The van der Waals surface area contributed by atoms with E-state index < -0.39 is 0 Å². The van der Waals surface area contributed by atoms with Gasteiger partial charge in [-0.1, -0.05) is 30.3 Å². The number of rotatable bonds is 6. The van der Waals surface area contributed by atoms with Gasteiger partial charge >= 0.3 is 0 Å². The van der Waals surface area contributed by atoms with Crippen molar-refractivity contribution in [3.8, 4) is 17.0 Å². The topological polar surface area (TPSA) is 97.6 Å². The maximum atomic E-state index is 12.7. The summed E-state index contributed by atoms with van der Waals surface area (Å²) in [4.78, 5) is 28.5. The molecule has 2 N–H and O–H groups in total. The predicted octanol–water partition coefficient (Wildman–Crippen LogP) is 3.09. The van der Waals surface area contributed by atoms with Crippen LogP contribution in [0, 0.1) is 0 Å². The van der Waals surface area contributed by atoms with Crippen LogP contribution in [0.15, 0.2) is 67.0 Å². The van der Waals surface area contributed by atoms with Gasteiger partial charge in [0, 0.05) is 23.9 Å². The molecule has 0 unspecified atom stereocenters. The molecule has 0 bridgehead atoms. The summed E-state index contributed by atoms with van der Waals surface area (Å²) >= 11 is 0. The van der Waals surface area contributed by atoms with Crippen molar-refractivity contribution in [2.75, 3.05) is 18.5 Å². The Morgan fingerprint density at radius 2 is 2.00 bits per heavy atom. The summed E-state index contributed by atoms with van der Waals surface area (Å²) in [5, 5.41) is 10.1. The molecule has 0 spiro atoms. The number of anilines is 1. The fraction of sp³-hybridized carbons (Fsp3) is 0.167. The number of carbonyl (C=O) groups excluding carboxylic acids is 2. The Morgan fingerprint density at radius 1 is 1.12 bits per heavy atom. The molecule has 3 heterocycles. The zero-order chi connectivity index (χ0) is 21.9. The third kappa shape index (κ3) is 3.90. The van der Waals surface area contributed by atoms with Crippen molar-refractivity contribution in [1.29, 1.82) is 0 Å². The van der Waals surface area contributed by atoms with Crippen LogP contribution in [-0.2, 0) is 11.2 Å². The minimum atomic E-state index is -0.255. The van der Waals surface area contributed by atoms with E-state index in [1.807, 2.05) is 54.6 Å². The molecule has 0 saturated carbocycles. The van der Waals surface area contributed by atoms with E-state index in [2.05, 4.69) is 20.7 Å². The van der Waals surface area contributed by atoms with Crippen LogP contribution in [0.25, 0.3) is 16.9 Å². The van der Waals surface area contributed by atoms with Crippen molar-refractivity contribution in [2.45, 2.75) is 12.8 Å². The average Bonchev–Trinajstić information content (AvgIpc) is 3.27. The van der Waals surface area contributed by atoms with E-state index in [1.165, 1.54) is 6.20 Å². The van der Waals surface area contributed by atoms with Gasteiger partial charge in [-0.05, 0) is 36.2 Å². The van der Waals surface area contributed by atoms with Crippen LogP contribution in [0.3, 0.4) is 0 Å². The molecule has 1 aliphatic heterocycles. The lowest BCUT2D eigenvalue weighted by atomic mass is 10.0. The lowest BCUT2D eigenvalue weighted by molar-refractivity contribution is -0.116. The van der Waals surface area contributed by atoms with Crippen LogP contribution in [0.4, 0.5) is 5.69 Å². The number of ether oxygens (including phenoxy) is 1. The number of hydrogen-bond donors (Lipinski definition) is 2. The smallest absolute Gasteiger partial charge is 0.256 e. The van der Waals surface area contributed by atoms with Gasteiger partial charge in [0.15, 0.2) is 5.65 Å². The minimum Gasteiger partial charge on any atom is -0.492 e. The number of amides is 2. The standard InChI is InChI=1S/C24H21N5O3/c30-22-9-6-17-14-18(7-8-20(17)28-22)32-13-12-26-24(31)19-15-27-29-21(10-11-25-23(19)29)16-4-2-1-3-5-16/h1-5,7-8,10-11,14-15H,6,9,12-13H2,(H,26,31)(H,28,30). The summed E-state index contributed by atoms with van der Waals surface area (Å²) in [6.07, 6.45) is 4.38. The molecule has 0 fully saturated rings. The number of aromatic nitrogens is 3. The van der Waals surface area contributed by atoms with E-state index in [1.54, 1.807) is 10.7 Å². The highest BCUT2D eigenvalue weighted by Crippen LogP contribution is 2.26. The monoisotopic (exact) mass is 427 g/mol. The molecule has 0 saturated heterocycles.